The van der Waals surface area contributed by atoms with Gasteiger partial charge in [0.1, 0.15) is 11.0 Å². The number of hydrazine groups is 1. The number of nitrogens with zero attached hydrogens (tertiary/aromatic N) is 2. The van der Waals surface area contributed by atoms with Crippen LogP contribution in [0.4, 0.5) is 5.13 Å². The van der Waals surface area contributed by atoms with Crippen LogP contribution in [0.1, 0.15) is 43.8 Å². The maximum atomic E-state index is 12.4. The van der Waals surface area contributed by atoms with E-state index in [1.807, 2.05) is 24.3 Å². The number of carbonyl (C=O) groups is 1. The van der Waals surface area contributed by atoms with Crippen molar-refractivity contribution in [2.24, 2.45) is 0 Å². The Kier molecular flexibility index (Phi) is 4.87. The number of halogens is 1. The summed E-state index contributed by atoms with van der Waals surface area (Å²) in [5, 5.41) is 13.1. The predicted octanol–water partition coefficient (Wildman–Crippen LogP) is 3.04. The molecule has 2 heterocycles. The van der Waals surface area contributed by atoms with Crippen LogP contribution in [0.15, 0.2) is 24.3 Å². The second kappa shape index (κ2) is 6.76. The van der Waals surface area contributed by atoms with Crippen LogP contribution in [0.2, 0.25) is 5.02 Å². The highest BCUT2D eigenvalue weighted by Crippen LogP contribution is 2.29. The molecule has 3 N–H and O–H groups in total. The molecule has 0 saturated carbocycles. The van der Waals surface area contributed by atoms with Crippen molar-refractivity contribution in [3.8, 4) is 0 Å². The first-order chi connectivity index (χ1) is 11.3. The molecule has 3 rings (SSSR count). The van der Waals surface area contributed by atoms with E-state index in [0.717, 1.165) is 10.6 Å². The second-order valence-corrected chi connectivity index (χ2v) is 8.25. The van der Waals surface area contributed by atoms with Gasteiger partial charge >= 0.3 is 0 Å². The highest BCUT2D eigenvalue weighted by Gasteiger charge is 2.31. The molecule has 1 saturated heterocycles. The minimum atomic E-state index is -0.337. The maximum absolute atomic E-state index is 12.4. The van der Waals surface area contributed by atoms with Crippen LogP contribution in [0, 0.1) is 0 Å². The Labute approximate surface area is 150 Å². The third-order valence-corrected chi connectivity index (χ3v) is 5.27. The van der Waals surface area contributed by atoms with Crippen LogP contribution in [0.5, 0.6) is 0 Å². The fourth-order valence-corrected chi connectivity index (χ4v) is 3.44. The zero-order chi connectivity index (χ0) is 17.3. The molecule has 1 aromatic carbocycles. The summed E-state index contributed by atoms with van der Waals surface area (Å²) < 4.78 is 0. The van der Waals surface area contributed by atoms with Gasteiger partial charge in [0.05, 0.1) is 0 Å². The minimum Gasteiger partial charge on any atom is -0.299 e. The van der Waals surface area contributed by atoms with Crippen molar-refractivity contribution in [3.05, 3.63) is 39.9 Å². The highest BCUT2D eigenvalue weighted by atomic mass is 35.5. The molecule has 8 heteroatoms. The van der Waals surface area contributed by atoms with E-state index in [2.05, 4.69) is 47.1 Å². The first-order valence-electron chi connectivity index (χ1n) is 7.74. The van der Waals surface area contributed by atoms with E-state index in [1.165, 1.54) is 11.3 Å². The van der Waals surface area contributed by atoms with Crippen molar-refractivity contribution in [3.63, 3.8) is 0 Å². The molecule has 1 aliphatic heterocycles. The number of nitrogens with one attached hydrogen (secondary N) is 3. The van der Waals surface area contributed by atoms with Crippen LogP contribution in [-0.2, 0) is 10.2 Å². The van der Waals surface area contributed by atoms with Gasteiger partial charge in [0.2, 0.25) is 11.0 Å². The van der Waals surface area contributed by atoms with Gasteiger partial charge in [-0.1, -0.05) is 55.8 Å². The van der Waals surface area contributed by atoms with Crippen molar-refractivity contribution in [2.75, 3.05) is 5.32 Å². The molecule has 0 aliphatic carbocycles. The fourth-order valence-electron chi connectivity index (χ4n) is 2.44. The lowest BCUT2D eigenvalue weighted by molar-refractivity contribution is -0.117. The summed E-state index contributed by atoms with van der Waals surface area (Å²) in [5.41, 5.74) is 7.15. The van der Waals surface area contributed by atoms with Crippen molar-refractivity contribution < 1.29 is 4.79 Å². The van der Waals surface area contributed by atoms with E-state index in [4.69, 9.17) is 11.6 Å². The number of hydrogen-bond donors (Lipinski definition) is 3. The molecule has 2 aromatic rings. The third kappa shape index (κ3) is 3.92. The molecule has 1 fully saturated rings. The number of aromatic nitrogens is 2. The lowest BCUT2D eigenvalue weighted by atomic mass is 9.98. The normalized spacial score (nSPS) is 21.0. The summed E-state index contributed by atoms with van der Waals surface area (Å²) in [6.07, 6.45) is 0.636. The first kappa shape index (κ1) is 17.3. The molecule has 0 bridgehead atoms. The van der Waals surface area contributed by atoms with E-state index in [9.17, 15) is 4.79 Å². The monoisotopic (exact) mass is 365 g/mol. The molecule has 0 radical (unpaired) electrons. The van der Waals surface area contributed by atoms with E-state index in [0.29, 0.717) is 16.6 Å². The standard InChI is InChI=1S/C16H20ClN5OS/c1-16(2,3)14-21-22-15(24-14)18-13(23)12-8-11(19-20-12)9-5-4-6-10(17)7-9/h4-7,11-12,19-20H,8H2,1-3H3,(H,18,22,23). The summed E-state index contributed by atoms with van der Waals surface area (Å²) in [7, 11) is 0. The smallest absolute Gasteiger partial charge is 0.244 e. The minimum absolute atomic E-state index is 0.0407. The number of anilines is 1. The van der Waals surface area contributed by atoms with Crippen LogP contribution in [-0.4, -0.2) is 22.1 Å². The number of rotatable bonds is 3. The van der Waals surface area contributed by atoms with Gasteiger partial charge in [-0.05, 0) is 24.1 Å². The Hall–Kier alpha value is -1.54. The highest BCUT2D eigenvalue weighted by molar-refractivity contribution is 7.15. The molecule has 0 spiro atoms. The summed E-state index contributed by atoms with van der Waals surface area (Å²) in [6, 6.07) is 7.34. The summed E-state index contributed by atoms with van der Waals surface area (Å²) in [4.78, 5) is 12.4. The zero-order valence-electron chi connectivity index (χ0n) is 13.8. The van der Waals surface area contributed by atoms with Crippen LogP contribution >= 0.6 is 22.9 Å². The molecule has 24 heavy (non-hydrogen) atoms. The number of carbonyl (C=O) groups excluding carboxylic acids is 1. The average molecular weight is 366 g/mol. The van der Waals surface area contributed by atoms with Crippen LogP contribution in [0.3, 0.4) is 0 Å². The molecule has 1 aliphatic rings. The molecule has 128 valence electrons. The topological polar surface area (TPSA) is 78.9 Å². The number of amides is 1. The summed E-state index contributed by atoms with van der Waals surface area (Å²) in [6.45, 7) is 6.20. The van der Waals surface area contributed by atoms with Gasteiger partial charge in [0, 0.05) is 16.5 Å². The Balaban J connectivity index is 1.61. The van der Waals surface area contributed by atoms with Crippen molar-refractivity contribution in [1.82, 2.24) is 21.0 Å². The Bertz CT molecular complexity index is 742. The van der Waals surface area contributed by atoms with Gasteiger partial charge in [-0.2, -0.15) is 0 Å². The van der Waals surface area contributed by atoms with E-state index in [-0.39, 0.29) is 23.4 Å². The van der Waals surface area contributed by atoms with Crippen molar-refractivity contribution in [2.45, 2.75) is 44.7 Å². The van der Waals surface area contributed by atoms with Gasteiger partial charge in [-0.15, -0.1) is 10.2 Å². The van der Waals surface area contributed by atoms with Crippen LogP contribution in [0.25, 0.3) is 0 Å². The molecule has 2 atom stereocenters. The lowest BCUT2D eigenvalue weighted by Crippen LogP contribution is -2.39. The average Bonchev–Trinajstić information content (AvgIpc) is 3.15. The molecular weight excluding hydrogens is 346 g/mol. The number of hydrogen-bond acceptors (Lipinski definition) is 6. The first-order valence-corrected chi connectivity index (χ1v) is 8.94. The maximum Gasteiger partial charge on any atom is 0.244 e. The fraction of sp³-hybridized carbons (Fsp3) is 0.438. The summed E-state index contributed by atoms with van der Waals surface area (Å²) in [5.74, 6) is -0.122. The van der Waals surface area contributed by atoms with Gasteiger partial charge < -0.3 is 0 Å². The van der Waals surface area contributed by atoms with E-state index < -0.39 is 0 Å². The largest absolute Gasteiger partial charge is 0.299 e. The zero-order valence-corrected chi connectivity index (χ0v) is 15.3. The Morgan fingerprint density at radius 1 is 1.33 bits per heavy atom. The predicted molar refractivity (Wildman–Crippen MR) is 96.1 cm³/mol. The molecular formula is C16H20ClN5OS. The number of benzene rings is 1. The molecule has 1 amide bonds. The molecule has 6 nitrogen and oxygen atoms in total. The Morgan fingerprint density at radius 2 is 2.12 bits per heavy atom. The Morgan fingerprint density at radius 3 is 2.79 bits per heavy atom. The van der Waals surface area contributed by atoms with E-state index >= 15 is 0 Å². The van der Waals surface area contributed by atoms with Crippen LogP contribution < -0.4 is 16.2 Å². The quantitative estimate of drug-likeness (QED) is 0.779. The summed E-state index contributed by atoms with van der Waals surface area (Å²) >= 11 is 7.43. The van der Waals surface area contributed by atoms with E-state index in [1.54, 1.807) is 0 Å². The molecule has 2 unspecified atom stereocenters. The second-order valence-electron chi connectivity index (χ2n) is 6.84. The van der Waals surface area contributed by atoms with Gasteiger partial charge in [0.15, 0.2) is 0 Å². The van der Waals surface area contributed by atoms with Gasteiger partial charge in [0.25, 0.3) is 0 Å². The van der Waals surface area contributed by atoms with Crippen molar-refractivity contribution >= 4 is 34.0 Å². The van der Waals surface area contributed by atoms with Gasteiger partial charge in [-0.3, -0.25) is 10.1 Å². The SMILES string of the molecule is CC(C)(C)c1nnc(NC(=O)C2CC(c3cccc(Cl)c3)NN2)s1. The molecule has 1 aromatic heterocycles. The lowest BCUT2D eigenvalue weighted by Gasteiger charge is -2.12. The van der Waals surface area contributed by atoms with Crippen molar-refractivity contribution in [1.29, 1.82) is 0 Å². The third-order valence-electron chi connectivity index (χ3n) is 3.77. The van der Waals surface area contributed by atoms with Gasteiger partial charge in [-0.25, -0.2) is 10.9 Å².